The summed E-state index contributed by atoms with van der Waals surface area (Å²) in [5.41, 5.74) is -0.983. The molecule has 0 aliphatic heterocycles. The quantitative estimate of drug-likeness (QED) is 0.715. The van der Waals surface area contributed by atoms with Crippen LogP contribution in [0.2, 0.25) is 0 Å². The number of rotatable bonds is 3. The highest BCUT2D eigenvalue weighted by molar-refractivity contribution is 5.78. The van der Waals surface area contributed by atoms with Crippen LogP contribution in [-0.4, -0.2) is 18.4 Å². The van der Waals surface area contributed by atoms with Gasteiger partial charge < -0.3 is 4.74 Å². The van der Waals surface area contributed by atoms with E-state index in [4.69, 9.17) is 5.26 Å². The Kier molecular flexibility index (Phi) is 3.29. The SMILES string of the molecule is COc1c(C(F)F)cnc(C=O)c1C#N. The first-order valence-corrected chi connectivity index (χ1v) is 3.86. The van der Waals surface area contributed by atoms with Gasteiger partial charge in [-0.3, -0.25) is 9.78 Å². The van der Waals surface area contributed by atoms with Gasteiger partial charge in [-0.05, 0) is 0 Å². The molecule has 0 atom stereocenters. The third-order valence-electron chi connectivity index (χ3n) is 1.75. The van der Waals surface area contributed by atoms with Gasteiger partial charge in [0.15, 0.2) is 6.29 Å². The molecule has 1 rings (SSSR count). The third-order valence-corrected chi connectivity index (χ3v) is 1.75. The van der Waals surface area contributed by atoms with E-state index in [0.29, 0.717) is 6.29 Å². The van der Waals surface area contributed by atoms with Crippen molar-refractivity contribution < 1.29 is 18.3 Å². The summed E-state index contributed by atoms with van der Waals surface area (Å²) in [6.45, 7) is 0. The van der Waals surface area contributed by atoms with Crippen molar-refractivity contribution in [2.45, 2.75) is 6.43 Å². The molecule has 0 fully saturated rings. The number of aldehydes is 1. The van der Waals surface area contributed by atoms with Crippen molar-refractivity contribution in [1.82, 2.24) is 4.98 Å². The molecule has 0 spiro atoms. The second kappa shape index (κ2) is 4.46. The highest BCUT2D eigenvalue weighted by Gasteiger charge is 2.20. The number of methoxy groups -OCH3 is 1. The van der Waals surface area contributed by atoms with E-state index in [2.05, 4.69) is 9.72 Å². The summed E-state index contributed by atoms with van der Waals surface area (Å²) >= 11 is 0. The molecule has 0 saturated carbocycles. The lowest BCUT2D eigenvalue weighted by molar-refractivity contribution is 0.111. The Hall–Kier alpha value is -2.03. The summed E-state index contributed by atoms with van der Waals surface area (Å²) in [6.07, 6.45) is -1.66. The smallest absolute Gasteiger partial charge is 0.268 e. The molecule has 0 aliphatic carbocycles. The van der Waals surface area contributed by atoms with E-state index in [9.17, 15) is 13.6 Å². The van der Waals surface area contributed by atoms with Gasteiger partial charge in [0.2, 0.25) is 0 Å². The maximum absolute atomic E-state index is 12.4. The van der Waals surface area contributed by atoms with Crippen LogP contribution < -0.4 is 4.74 Å². The maximum Gasteiger partial charge on any atom is 0.268 e. The van der Waals surface area contributed by atoms with Crippen molar-refractivity contribution in [1.29, 1.82) is 5.26 Å². The van der Waals surface area contributed by atoms with E-state index in [1.807, 2.05) is 0 Å². The molecule has 1 aromatic heterocycles. The minimum absolute atomic E-state index is 0.209. The van der Waals surface area contributed by atoms with Gasteiger partial charge in [0.1, 0.15) is 23.1 Å². The molecular weight excluding hydrogens is 206 g/mol. The fourth-order valence-corrected chi connectivity index (χ4v) is 1.10. The summed E-state index contributed by atoms with van der Waals surface area (Å²) in [5, 5.41) is 8.69. The van der Waals surface area contributed by atoms with E-state index in [0.717, 1.165) is 13.3 Å². The monoisotopic (exact) mass is 212 g/mol. The van der Waals surface area contributed by atoms with Gasteiger partial charge in [0.05, 0.1) is 12.7 Å². The predicted molar refractivity (Wildman–Crippen MR) is 45.8 cm³/mol. The van der Waals surface area contributed by atoms with Crippen molar-refractivity contribution in [3.63, 3.8) is 0 Å². The molecule has 78 valence electrons. The standard InChI is InChI=1S/C9H6F2N2O2/c1-15-8-5(2-12)7(4-14)13-3-6(8)9(10)11/h3-4,9H,1H3. The second-order valence-electron chi connectivity index (χ2n) is 2.54. The van der Waals surface area contributed by atoms with Gasteiger partial charge in [-0.25, -0.2) is 8.78 Å². The van der Waals surface area contributed by atoms with Gasteiger partial charge in [0, 0.05) is 6.20 Å². The normalized spacial score (nSPS) is 9.80. The van der Waals surface area contributed by atoms with Gasteiger partial charge in [-0.15, -0.1) is 0 Å². The minimum Gasteiger partial charge on any atom is -0.495 e. The molecule has 15 heavy (non-hydrogen) atoms. The topological polar surface area (TPSA) is 63.0 Å². The summed E-state index contributed by atoms with van der Waals surface area (Å²) < 4.78 is 29.6. The molecule has 0 N–H and O–H groups in total. The first-order chi connectivity index (χ1) is 7.15. The van der Waals surface area contributed by atoms with Crippen LogP contribution >= 0.6 is 0 Å². The molecule has 0 aliphatic rings. The van der Waals surface area contributed by atoms with Crippen LogP contribution in [0.25, 0.3) is 0 Å². The molecule has 1 aromatic rings. The summed E-state index contributed by atoms with van der Waals surface area (Å²) in [6, 6.07) is 1.61. The van der Waals surface area contributed by atoms with Crippen LogP contribution in [-0.2, 0) is 0 Å². The Morgan fingerprint density at radius 1 is 1.67 bits per heavy atom. The molecule has 1 heterocycles. The average molecular weight is 212 g/mol. The Bertz CT molecular complexity index is 427. The second-order valence-corrected chi connectivity index (χ2v) is 2.54. The number of halogens is 2. The van der Waals surface area contributed by atoms with Crippen LogP contribution in [0.15, 0.2) is 6.20 Å². The molecule has 0 radical (unpaired) electrons. The number of pyridine rings is 1. The Morgan fingerprint density at radius 2 is 2.33 bits per heavy atom. The molecule has 0 amide bonds. The molecule has 6 heteroatoms. The lowest BCUT2D eigenvalue weighted by atomic mass is 10.1. The first kappa shape index (κ1) is 11.0. The van der Waals surface area contributed by atoms with Crippen molar-refractivity contribution >= 4 is 6.29 Å². The molecule has 0 unspecified atom stereocenters. The van der Waals surface area contributed by atoms with Crippen LogP contribution in [0.1, 0.15) is 28.0 Å². The van der Waals surface area contributed by atoms with Crippen LogP contribution in [0, 0.1) is 11.3 Å². The zero-order valence-corrected chi connectivity index (χ0v) is 7.70. The number of alkyl halides is 2. The highest BCUT2D eigenvalue weighted by Crippen LogP contribution is 2.31. The third kappa shape index (κ3) is 1.91. The Morgan fingerprint density at radius 3 is 2.73 bits per heavy atom. The van der Waals surface area contributed by atoms with Crippen LogP contribution in [0.5, 0.6) is 5.75 Å². The average Bonchev–Trinajstić information content (AvgIpc) is 2.26. The van der Waals surface area contributed by atoms with E-state index in [1.165, 1.54) is 0 Å². The number of hydrogen-bond acceptors (Lipinski definition) is 4. The lowest BCUT2D eigenvalue weighted by Gasteiger charge is -2.09. The van der Waals surface area contributed by atoms with Crippen molar-refractivity contribution in [3.8, 4) is 11.8 Å². The highest BCUT2D eigenvalue weighted by atomic mass is 19.3. The molecular formula is C9H6F2N2O2. The van der Waals surface area contributed by atoms with E-state index < -0.39 is 12.0 Å². The number of ether oxygens (including phenoxy) is 1. The number of carbonyl (C=O) groups is 1. The van der Waals surface area contributed by atoms with Gasteiger partial charge in [-0.2, -0.15) is 5.26 Å². The van der Waals surface area contributed by atoms with Gasteiger partial charge in [0.25, 0.3) is 6.43 Å². The summed E-state index contributed by atoms with van der Waals surface area (Å²) in [4.78, 5) is 13.9. The molecule has 0 saturated heterocycles. The summed E-state index contributed by atoms with van der Waals surface area (Å²) in [5.74, 6) is -0.301. The zero-order valence-electron chi connectivity index (χ0n) is 7.70. The predicted octanol–water partition coefficient (Wildman–Crippen LogP) is 1.71. The number of aromatic nitrogens is 1. The number of nitrogens with zero attached hydrogens (tertiary/aromatic N) is 2. The maximum atomic E-state index is 12.4. The molecule has 0 aromatic carbocycles. The van der Waals surface area contributed by atoms with Gasteiger partial charge in [-0.1, -0.05) is 0 Å². The largest absolute Gasteiger partial charge is 0.495 e. The number of hydrogen-bond donors (Lipinski definition) is 0. The van der Waals surface area contributed by atoms with Crippen molar-refractivity contribution in [3.05, 3.63) is 23.0 Å². The van der Waals surface area contributed by atoms with E-state index in [-0.39, 0.29) is 17.0 Å². The number of nitriles is 1. The first-order valence-electron chi connectivity index (χ1n) is 3.86. The number of carbonyl (C=O) groups excluding carboxylic acids is 1. The van der Waals surface area contributed by atoms with Gasteiger partial charge >= 0.3 is 0 Å². The lowest BCUT2D eigenvalue weighted by Crippen LogP contribution is -2.02. The zero-order chi connectivity index (χ0) is 11.4. The van der Waals surface area contributed by atoms with Crippen molar-refractivity contribution in [2.75, 3.05) is 7.11 Å². The minimum atomic E-state index is -2.81. The fourth-order valence-electron chi connectivity index (χ4n) is 1.10. The van der Waals surface area contributed by atoms with Crippen LogP contribution in [0.3, 0.4) is 0 Å². The molecule has 0 bridgehead atoms. The Labute approximate surface area is 84.1 Å². The van der Waals surface area contributed by atoms with Crippen molar-refractivity contribution in [2.24, 2.45) is 0 Å². The fraction of sp³-hybridized carbons (Fsp3) is 0.222. The van der Waals surface area contributed by atoms with E-state index in [1.54, 1.807) is 6.07 Å². The molecule has 4 nitrogen and oxygen atoms in total. The summed E-state index contributed by atoms with van der Waals surface area (Å²) in [7, 11) is 1.15. The Balaban J connectivity index is 3.49. The van der Waals surface area contributed by atoms with Crippen LogP contribution in [0.4, 0.5) is 8.78 Å². The van der Waals surface area contributed by atoms with E-state index >= 15 is 0 Å².